The lowest BCUT2D eigenvalue weighted by Crippen LogP contribution is -2.35. The summed E-state index contributed by atoms with van der Waals surface area (Å²) >= 11 is 1.87. The van der Waals surface area contributed by atoms with Gasteiger partial charge in [0.25, 0.3) is 5.69 Å². The van der Waals surface area contributed by atoms with Gasteiger partial charge in [0.2, 0.25) is 0 Å². The molecule has 0 amide bonds. The molecular weight excluding hydrogens is 276 g/mol. The molecular formula is C13H20N4O2S. The van der Waals surface area contributed by atoms with Gasteiger partial charge in [0.1, 0.15) is 11.6 Å². The van der Waals surface area contributed by atoms with Crippen LogP contribution in [0.3, 0.4) is 0 Å². The summed E-state index contributed by atoms with van der Waals surface area (Å²) in [6.45, 7) is 0.766. The fraction of sp³-hybridized carbons (Fsp3) is 0.615. The van der Waals surface area contributed by atoms with E-state index < -0.39 is 4.92 Å². The van der Waals surface area contributed by atoms with Crippen molar-refractivity contribution in [3.63, 3.8) is 0 Å². The molecule has 2 rings (SSSR count). The molecule has 1 aliphatic carbocycles. The summed E-state index contributed by atoms with van der Waals surface area (Å²) in [7, 11) is 0. The summed E-state index contributed by atoms with van der Waals surface area (Å²) < 4.78 is 0.208. The van der Waals surface area contributed by atoms with Crippen LogP contribution in [0, 0.1) is 10.1 Å². The Bertz CT molecular complexity index is 489. The summed E-state index contributed by atoms with van der Waals surface area (Å²) in [5.74, 6) is 0.652. The van der Waals surface area contributed by atoms with Crippen LogP contribution < -0.4 is 11.1 Å². The van der Waals surface area contributed by atoms with E-state index in [4.69, 9.17) is 5.73 Å². The van der Waals surface area contributed by atoms with Crippen molar-refractivity contribution in [1.29, 1.82) is 0 Å². The van der Waals surface area contributed by atoms with Crippen LogP contribution >= 0.6 is 11.8 Å². The fourth-order valence-electron chi connectivity index (χ4n) is 2.63. The highest BCUT2D eigenvalue weighted by Crippen LogP contribution is 2.38. The summed E-state index contributed by atoms with van der Waals surface area (Å²) in [4.78, 5) is 14.5. The maximum Gasteiger partial charge on any atom is 0.276 e. The van der Waals surface area contributed by atoms with Gasteiger partial charge in [-0.3, -0.25) is 10.1 Å². The Balaban J connectivity index is 2.07. The largest absolute Gasteiger partial charge is 0.383 e. The lowest BCUT2D eigenvalue weighted by molar-refractivity contribution is -0.384. The number of hydrogen-bond acceptors (Lipinski definition) is 6. The molecule has 1 heterocycles. The zero-order chi connectivity index (χ0) is 14.6. The molecule has 0 saturated heterocycles. The van der Waals surface area contributed by atoms with Crippen LogP contribution in [0.25, 0.3) is 0 Å². The Morgan fingerprint density at radius 1 is 1.45 bits per heavy atom. The van der Waals surface area contributed by atoms with Crippen molar-refractivity contribution in [2.24, 2.45) is 0 Å². The van der Waals surface area contributed by atoms with E-state index >= 15 is 0 Å². The minimum absolute atomic E-state index is 0.0261. The van der Waals surface area contributed by atoms with E-state index in [1.165, 1.54) is 44.2 Å². The monoisotopic (exact) mass is 296 g/mol. The Morgan fingerprint density at radius 2 is 2.15 bits per heavy atom. The highest BCUT2D eigenvalue weighted by Gasteiger charge is 2.31. The molecule has 7 heteroatoms. The van der Waals surface area contributed by atoms with Crippen molar-refractivity contribution in [3.8, 4) is 0 Å². The second-order valence-corrected chi connectivity index (χ2v) is 6.47. The van der Waals surface area contributed by atoms with Crippen molar-refractivity contribution in [2.75, 3.05) is 23.9 Å². The molecule has 1 fully saturated rings. The van der Waals surface area contributed by atoms with Crippen molar-refractivity contribution in [1.82, 2.24) is 4.98 Å². The van der Waals surface area contributed by atoms with Gasteiger partial charge in [-0.2, -0.15) is 11.8 Å². The third-order valence-corrected chi connectivity index (χ3v) is 5.25. The maximum atomic E-state index is 10.8. The van der Waals surface area contributed by atoms with E-state index in [9.17, 15) is 10.1 Å². The summed E-state index contributed by atoms with van der Waals surface area (Å²) in [6, 6.07) is 2.71. The number of thioether (sulfide) groups is 1. The number of nitrogens with one attached hydrogen (secondary N) is 1. The topological polar surface area (TPSA) is 94.1 Å². The van der Waals surface area contributed by atoms with Crippen molar-refractivity contribution in [3.05, 3.63) is 22.2 Å². The molecule has 1 aliphatic rings. The quantitative estimate of drug-likeness (QED) is 0.640. The molecule has 1 aromatic rings. The van der Waals surface area contributed by atoms with E-state index in [2.05, 4.69) is 16.6 Å². The Labute approximate surface area is 122 Å². The fourth-order valence-corrected chi connectivity index (χ4v) is 3.55. The molecule has 1 aromatic heterocycles. The Kier molecular flexibility index (Phi) is 4.69. The first-order chi connectivity index (χ1) is 9.54. The molecule has 0 unspecified atom stereocenters. The lowest BCUT2D eigenvalue weighted by atomic mass is 9.88. The molecule has 0 aromatic carbocycles. The molecule has 20 heavy (non-hydrogen) atoms. The average molecular weight is 296 g/mol. The van der Waals surface area contributed by atoms with Crippen LogP contribution in [-0.2, 0) is 0 Å². The van der Waals surface area contributed by atoms with Gasteiger partial charge in [-0.05, 0) is 19.1 Å². The van der Waals surface area contributed by atoms with Crippen molar-refractivity contribution in [2.45, 2.75) is 36.9 Å². The van der Waals surface area contributed by atoms with Crippen molar-refractivity contribution >= 4 is 29.1 Å². The number of hydrogen-bond donors (Lipinski definition) is 2. The van der Waals surface area contributed by atoms with Crippen LogP contribution in [0.15, 0.2) is 12.1 Å². The molecule has 110 valence electrons. The summed E-state index contributed by atoms with van der Waals surface area (Å²) in [5, 5.41) is 14.0. The minimum Gasteiger partial charge on any atom is -0.383 e. The van der Waals surface area contributed by atoms with Gasteiger partial charge in [-0.15, -0.1) is 0 Å². The van der Waals surface area contributed by atoms with Gasteiger partial charge >= 0.3 is 0 Å². The van der Waals surface area contributed by atoms with E-state index in [0.29, 0.717) is 5.82 Å². The molecule has 0 spiro atoms. The van der Waals surface area contributed by atoms with E-state index in [-0.39, 0.29) is 16.3 Å². The van der Waals surface area contributed by atoms with Gasteiger partial charge < -0.3 is 11.1 Å². The molecule has 6 nitrogen and oxygen atoms in total. The third kappa shape index (κ3) is 3.53. The number of aromatic nitrogens is 1. The Morgan fingerprint density at radius 3 is 2.75 bits per heavy atom. The molecule has 0 atom stereocenters. The zero-order valence-corrected chi connectivity index (χ0v) is 12.4. The maximum absolute atomic E-state index is 10.8. The van der Waals surface area contributed by atoms with Gasteiger partial charge in [0.05, 0.1) is 17.1 Å². The summed E-state index contributed by atoms with van der Waals surface area (Å²) in [5.41, 5.74) is 5.58. The number of nitrogens with zero attached hydrogens (tertiary/aromatic N) is 2. The van der Waals surface area contributed by atoms with E-state index in [0.717, 1.165) is 6.54 Å². The smallest absolute Gasteiger partial charge is 0.276 e. The first kappa shape index (κ1) is 14.9. The predicted molar refractivity (Wildman–Crippen MR) is 83.1 cm³/mol. The number of anilines is 2. The molecule has 0 radical (unpaired) electrons. The lowest BCUT2D eigenvalue weighted by Gasteiger charge is -2.36. The number of nitrogens with two attached hydrogens (primary N) is 1. The van der Waals surface area contributed by atoms with E-state index in [1.807, 2.05) is 11.8 Å². The van der Waals surface area contributed by atoms with Gasteiger partial charge in [-0.1, -0.05) is 19.3 Å². The standard InChI is InChI=1S/C13H20N4O2S/c1-20-13(5-3-2-4-6-13)9-15-12-8-10(17(18)19)7-11(14)16-12/h7-8H,2-6,9H2,1H3,(H3,14,15,16). The number of nitrogen functional groups attached to an aromatic ring is 1. The molecule has 1 saturated carbocycles. The van der Waals surface area contributed by atoms with Crippen LogP contribution in [0.5, 0.6) is 0 Å². The molecule has 0 bridgehead atoms. The van der Waals surface area contributed by atoms with Gasteiger partial charge in [-0.25, -0.2) is 4.98 Å². The highest BCUT2D eigenvalue weighted by molar-refractivity contribution is 8.00. The SMILES string of the molecule is CSC1(CNc2cc([N+](=O)[O-])cc(N)n2)CCCCC1. The second-order valence-electron chi connectivity index (χ2n) is 5.19. The highest BCUT2D eigenvalue weighted by atomic mass is 32.2. The second kappa shape index (κ2) is 6.30. The van der Waals surface area contributed by atoms with Crippen molar-refractivity contribution < 1.29 is 4.92 Å². The Hall–Kier alpha value is -1.50. The normalized spacial score (nSPS) is 17.6. The van der Waals surface area contributed by atoms with Crippen LogP contribution in [0.2, 0.25) is 0 Å². The van der Waals surface area contributed by atoms with E-state index in [1.54, 1.807) is 0 Å². The molecule has 0 aliphatic heterocycles. The van der Waals surface area contributed by atoms with Crippen LogP contribution in [-0.4, -0.2) is 27.5 Å². The molecule has 3 N–H and O–H groups in total. The number of pyridine rings is 1. The first-order valence-corrected chi connectivity index (χ1v) is 7.98. The summed E-state index contributed by atoms with van der Waals surface area (Å²) in [6.07, 6.45) is 8.25. The number of rotatable bonds is 5. The number of nitro groups is 1. The van der Waals surface area contributed by atoms with Gasteiger partial charge in [0.15, 0.2) is 0 Å². The minimum atomic E-state index is -0.450. The van der Waals surface area contributed by atoms with Crippen LogP contribution in [0.1, 0.15) is 32.1 Å². The van der Waals surface area contributed by atoms with Gasteiger partial charge in [0, 0.05) is 11.3 Å². The zero-order valence-electron chi connectivity index (χ0n) is 11.6. The average Bonchev–Trinajstić information content (AvgIpc) is 2.45. The van der Waals surface area contributed by atoms with Crippen LogP contribution in [0.4, 0.5) is 17.3 Å². The first-order valence-electron chi connectivity index (χ1n) is 6.76. The predicted octanol–water partition coefficient (Wildman–Crippen LogP) is 3.05. The third-order valence-electron chi connectivity index (χ3n) is 3.83.